The SMILES string of the molecule is NC1CCCCC1NC(=O)C1CCSC1. The minimum absolute atomic E-state index is 0.178. The van der Waals surface area contributed by atoms with E-state index in [4.69, 9.17) is 5.73 Å². The second kappa shape index (κ2) is 5.21. The topological polar surface area (TPSA) is 55.1 Å². The normalized spacial score (nSPS) is 36.5. The summed E-state index contributed by atoms with van der Waals surface area (Å²) < 4.78 is 0. The Kier molecular flexibility index (Phi) is 3.92. The largest absolute Gasteiger partial charge is 0.352 e. The first-order valence-corrected chi connectivity index (χ1v) is 7.06. The van der Waals surface area contributed by atoms with Crippen LogP contribution in [0.3, 0.4) is 0 Å². The molecule has 3 nitrogen and oxygen atoms in total. The zero-order chi connectivity index (χ0) is 10.7. The molecule has 0 aromatic rings. The molecule has 3 N–H and O–H groups in total. The maximum atomic E-state index is 11.9. The van der Waals surface area contributed by atoms with Gasteiger partial charge in [0.2, 0.25) is 5.91 Å². The molecule has 1 heterocycles. The van der Waals surface area contributed by atoms with E-state index in [0.29, 0.717) is 0 Å². The molecule has 2 rings (SSSR count). The maximum Gasteiger partial charge on any atom is 0.224 e. The molecule has 0 spiro atoms. The molecule has 0 aromatic heterocycles. The van der Waals surface area contributed by atoms with Gasteiger partial charge in [0, 0.05) is 23.8 Å². The van der Waals surface area contributed by atoms with Crippen molar-refractivity contribution >= 4 is 17.7 Å². The summed E-state index contributed by atoms with van der Waals surface area (Å²) >= 11 is 1.88. The zero-order valence-electron chi connectivity index (χ0n) is 9.08. The van der Waals surface area contributed by atoms with Gasteiger partial charge >= 0.3 is 0 Å². The summed E-state index contributed by atoms with van der Waals surface area (Å²) in [6, 6.07) is 0.411. The molecular formula is C11H20N2OS. The van der Waals surface area contributed by atoms with Gasteiger partial charge in [0.05, 0.1) is 0 Å². The van der Waals surface area contributed by atoms with Gasteiger partial charge in [-0.2, -0.15) is 11.8 Å². The van der Waals surface area contributed by atoms with Crippen molar-refractivity contribution in [3.05, 3.63) is 0 Å². The fraction of sp³-hybridized carbons (Fsp3) is 0.909. The number of thioether (sulfide) groups is 1. The van der Waals surface area contributed by atoms with Crippen LogP contribution >= 0.6 is 11.8 Å². The van der Waals surface area contributed by atoms with Gasteiger partial charge in [0.1, 0.15) is 0 Å². The first-order chi connectivity index (χ1) is 7.27. The molecule has 4 heteroatoms. The number of carbonyl (C=O) groups is 1. The van der Waals surface area contributed by atoms with Crippen molar-refractivity contribution in [2.45, 2.75) is 44.2 Å². The molecule has 0 bridgehead atoms. The summed E-state index contributed by atoms with van der Waals surface area (Å²) in [5.41, 5.74) is 6.01. The van der Waals surface area contributed by atoms with E-state index in [1.807, 2.05) is 11.8 Å². The first-order valence-electron chi connectivity index (χ1n) is 5.91. The van der Waals surface area contributed by atoms with Crippen LogP contribution in [0.5, 0.6) is 0 Å². The van der Waals surface area contributed by atoms with E-state index in [9.17, 15) is 4.79 Å². The fourth-order valence-corrected chi connectivity index (χ4v) is 3.60. The van der Waals surface area contributed by atoms with E-state index in [0.717, 1.165) is 30.8 Å². The summed E-state index contributed by atoms with van der Waals surface area (Å²) in [5.74, 6) is 2.61. The van der Waals surface area contributed by atoms with Crippen molar-refractivity contribution < 1.29 is 4.79 Å². The van der Waals surface area contributed by atoms with Crippen LogP contribution in [0.4, 0.5) is 0 Å². The molecule has 3 unspecified atom stereocenters. The van der Waals surface area contributed by atoms with Crippen LogP contribution in [0.15, 0.2) is 0 Å². The Morgan fingerprint density at radius 3 is 2.73 bits per heavy atom. The summed E-state index contributed by atoms with van der Waals surface area (Å²) in [4.78, 5) is 11.9. The highest BCUT2D eigenvalue weighted by atomic mass is 32.2. The molecule has 3 atom stereocenters. The third-order valence-electron chi connectivity index (χ3n) is 3.45. The molecule has 1 amide bonds. The molecule has 2 aliphatic rings. The number of rotatable bonds is 2. The van der Waals surface area contributed by atoms with E-state index in [2.05, 4.69) is 5.32 Å². The molecule has 1 aliphatic carbocycles. The monoisotopic (exact) mass is 228 g/mol. The Hall–Kier alpha value is -0.220. The Morgan fingerprint density at radius 1 is 1.27 bits per heavy atom. The molecule has 86 valence electrons. The number of nitrogens with two attached hydrogens (primary N) is 1. The second-order valence-electron chi connectivity index (χ2n) is 4.62. The van der Waals surface area contributed by atoms with Crippen LogP contribution in [0.1, 0.15) is 32.1 Å². The van der Waals surface area contributed by atoms with E-state index in [-0.39, 0.29) is 23.9 Å². The van der Waals surface area contributed by atoms with Crippen molar-refractivity contribution in [3.63, 3.8) is 0 Å². The third kappa shape index (κ3) is 2.88. The molecule has 1 saturated carbocycles. The van der Waals surface area contributed by atoms with Gasteiger partial charge in [-0.15, -0.1) is 0 Å². The van der Waals surface area contributed by atoms with Crippen LogP contribution in [-0.4, -0.2) is 29.5 Å². The number of hydrogen-bond acceptors (Lipinski definition) is 3. The minimum atomic E-state index is 0.178. The lowest BCUT2D eigenvalue weighted by atomic mass is 9.90. The fourth-order valence-electron chi connectivity index (χ4n) is 2.38. The average molecular weight is 228 g/mol. The molecule has 0 radical (unpaired) electrons. The second-order valence-corrected chi connectivity index (χ2v) is 5.77. The van der Waals surface area contributed by atoms with Crippen molar-refractivity contribution in [3.8, 4) is 0 Å². The highest BCUT2D eigenvalue weighted by Crippen LogP contribution is 2.24. The van der Waals surface area contributed by atoms with Gasteiger partial charge in [-0.05, 0) is 25.0 Å². The number of nitrogens with one attached hydrogen (secondary N) is 1. The van der Waals surface area contributed by atoms with Gasteiger partial charge < -0.3 is 11.1 Å². The Morgan fingerprint density at radius 2 is 2.07 bits per heavy atom. The summed E-state index contributed by atoms with van der Waals surface area (Å²) in [6.45, 7) is 0. The standard InChI is InChI=1S/C11H20N2OS/c12-9-3-1-2-4-10(9)13-11(14)8-5-6-15-7-8/h8-10H,1-7,12H2,(H,13,14). The van der Waals surface area contributed by atoms with Crippen LogP contribution < -0.4 is 11.1 Å². The van der Waals surface area contributed by atoms with Crippen molar-refractivity contribution in [1.82, 2.24) is 5.32 Å². The van der Waals surface area contributed by atoms with Crippen LogP contribution in [0.25, 0.3) is 0 Å². The molecule has 15 heavy (non-hydrogen) atoms. The van der Waals surface area contributed by atoms with Crippen LogP contribution in [0, 0.1) is 5.92 Å². The zero-order valence-corrected chi connectivity index (χ0v) is 9.89. The average Bonchev–Trinajstić information content (AvgIpc) is 2.74. The lowest BCUT2D eigenvalue weighted by Gasteiger charge is -2.30. The quantitative estimate of drug-likeness (QED) is 0.745. The maximum absolute atomic E-state index is 11.9. The van der Waals surface area contributed by atoms with Crippen LogP contribution in [-0.2, 0) is 4.79 Å². The van der Waals surface area contributed by atoms with Crippen molar-refractivity contribution in [1.29, 1.82) is 0 Å². The molecule has 1 saturated heterocycles. The Balaban J connectivity index is 1.81. The summed E-state index contributed by atoms with van der Waals surface area (Å²) in [7, 11) is 0. The number of carbonyl (C=O) groups excluding carboxylic acids is 1. The van der Waals surface area contributed by atoms with Crippen molar-refractivity contribution in [2.24, 2.45) is 11.7 Å². The third-order valence-corrected chi connectivity index (χ3v) is 4.61. The number of amides is 1. The Labute approximate surface area is 95.6 Å². The van der Waals surface area contributed by atoms with Gasteiger partial charge in [0.25, 0.3) is 0 Å². The van der Waals surface area contributed by atoms with Gasteiger partial charge in [-0.3, -0.25) is 4.79 Å². The predicted molar refractivity (Wildman–Crippen MR) is 63.8 cm³/mol. The van der Waals surface area contributed by atoms with Gasteiger partial charge in [0.15, 0.2) is 0 Å². The molecule has 2 fully saturated rings. The summed E-state index contributed by atoms with van der Waals surface area (Å²) in [6.07, 6.45) is 5.58. The smallest absolute Gasteiger partial charge is 0.224 e. The highest BCUT2D eigenvalue weighted by Gasteiger charge is 2.28. The van der Waals surface area contributed by atoms with Crippen LogP contribution in [0.2, 0.25) is 0 Å². The van der Waals surface area contributed by atoms with Gasteiger partial charge in [-0.1, -0.05) is 12.8 Å². The van der Waals surface area contributed by atoms with E-state index >= 15 is 0 Å². The highest BCUT2D eigenvalue weighted by molar-refractivity contribution is 7.99. The summed E-state index contributed by atoms with van der Waals surface area (Å²) in [5, 5.41) is 3.13. The number of hydrogen-bond donors (Lipinski definition) is 2. The molecule has 1 aliphatic heterocycles. The molecular weight excluding hydrogens is 208 g/mol. The lowest BCUT2D eigenvalue weighted by molar-refractivity contribution is -0.125. The van der Waals surface area contributed by atoms with Crippen molar-refractivity contribution in [2.75, 3.05) is 11.5 Å². The Bertz CT molecular complexity index is 229. The molecule has 0 aromatic carbocycles. The predicted octanol–water partition coefficient (Wildman–Crippen LogP) is 1.13. The lowest BCUT2D eigenvalue weighted by Crippen LogP contribution is -2.50. The minimum Gasteiger partial charge on any atom is -0.352 e. The first kappa shape index (κ1) is 11.3. The van der Waals surface area contributed by atoms with E-state index < -0.39 is 0 Å². The van der Waals surface area contributed by atoms with Gasteiger partial charge in [-0.25, -0.2) is 0 Å². The van der Waals surface area contributed by atoms with E-state index in [1.54, 1.807) is 0 Å². The van der Waals surface area contributed by atoms with E-state index in [1.165, 1.54) is 12.8 Å².